The van der Waals surface area contributed by atoms with Crippen molar-refractivity contribution >= 4 is 49.4 Å². The molecule has 1 heterocycles. The standard InChI is InChI=1S/C20H18Br2ClN3O2/c21-17-9-15(11-24)10-18(22)20(17)28-13-19(27)26-7-5-25(6-8-26)12-14-1-3-16(23)4-2-14/h1-4,9-10H,5-8,12-13H2. The number of carbonyl (C=O) groups is 1. The van der Waals surface area contributed by atoms with Gasteiger partial charge in [-0.2, -0.15) is 5.26 Å². The van der Waals surface area contributed by atoms with E-state index in [1.54, 1.807) is 12.1 Å². The van der Waals surface area contributed by atoms with Crippen LogP contribution >= 0.6 is 43.5 Å². The number of rotatable bonds is 5. The number of hydrogen-bond donors (Lipinski definition) is 0. The minimum absolute atomic E-state index is 0.0414. The Bertz CT molecular complexity index is 868. The van der Waals surface area contributed by atoms with Gasteiger partial charge >= 0.3 is 0 Å². The van der Waals surface area contributed by atoms with E-state index >= 15 is 0 Å². The van der Waals surface area contributed by atoms with Crippen LogP contribution < -0.4 is 4.74 Å². The van der Waals surface area contributed by atoms with E-state index in [9.17, 15) is 4.79 Å². The van der Waals surface area contributed by atoms with Gasteiger partial charge in [-0.1, -0.05) is 23.7 Å². The van der Waals surface area contributed by atoms with E-state index in [0.29, 0.717) is 33.3 Å². The van der Waals surface area contributed by atoms with Gasteiger partial charge in [-0.05, 0) is 61.7 Å². The van der Waals surface area contributed by atoms with Crippen molar-refractivity contribution in [2.45, 2.75) is 6.54 Å². The minimum atomic E-state index is -0.0469. The first-order valence-electron chi connectivity index (χ1n) is 8.73. The SMILES string of the molecule is N#Cc1cc(Br)c(OCC(=O)N2CCN(Cc3ccc(Cl)cc3)CC2)c(Br)c1. The van der Waals surface area contributed by atoms with Gasteiger partial charge in [-0.15, -0.1) is 0 Å². The van der Waals surface area contributed by atoms with Crippen molar-refractivity contribution in [2.75, 3.05) is 32.8 Å². The van der Waals surface area contributed by atoms with Crippen LogP contribution in [0.15, 0.2) is 45.3 Å². The molecule has 1 saturated heterocycles. The molecule has 2 aromatic rings. The summed E-state index contributed by atoms with van der Waals surface area (Å²) >= 11 is 12.7. The van der Waals surface area contributed by atoms with Gasteiger partial charge < -0.3 is 9.64 Å². The van der Waals surface area contributed by atoms with Gasteiger partial charge in [0, 0.05) is 37.7 Å². The number of carbonyl (C=O) groups excluding carboxylic acids is 1. The van der Waals surface area contributed by atoms with Crippen LogP contribution in [0.5, 0.6) is 5.75 Å². The van der Waals surface area contributed by atoms with Crippen LogP contribution in [0.25, 0.3) is 0 Å². The number of halogens is 3. The van der Waals surface area contributed by atoms with Crippen LogP contribution in [0.4, 0.5) is 0 Å². The summed E-state index contributed by atoms with van der Waals surface area (Å²) in [7, 11) is 0. The predicted molar refractivity (Wildman–Crippen MR) is 115 cm³/mol. The zero-order valence-corrected chi connectivity index (χ0v) is 18.9. The quantitative estimate of drug-likeness (QED) is 0.576. The number of hydrogen-bond acceptors (Lipinski definition) is 4. The van der Waals surface area contributed by atoms with Gasteiger partial charge in [0.25, 0.3) is 5.91 Å². The van der Waals surface area contributed by atoms with E-state index in [1.807, 2.05) is 29.2 Å². The zero-order chi connectivity index (χ0) is 20.1. The molecular weight excluding hydrogens is 510 g/mol. The maximum Gasteiger partial charge on any atom is 0.260 e. The molecule has 8 heteroatoms. The molecule has 1 fully saturated rings. The third-order valence-electron chi connectivity index (χ3n) is 4.51. The van der Waals surface area contributed by atoms with E-state index < -0.39 is 0 Å². The Hall–Kier alpha value is -1.59. The van der Waals surface area contributed by atoms with Gasteiger partial charge in [0.05, 0.1) is 20.6 Å². The number of nitrogens with zero attached hydrogens (tertiary/aromatic N) is 3. The average molecular weight is 528 g/mol. The van der Waals surface area contributed by atoms with Crippen molar-refractivity contribution in [1.29, 1.82) is 5.26 Å². The summed E-state index contributed by atoms with van der Waals surface area (Å²) in [6, 6.07) is 13.3. The largest absolute Gasteiger partial charge is 0.481 e. The highest BCUT2D eigenvalue weighted by molar-refractivity contribution is 9.11. The number of piperazine rings is 1. The first-order valence-corrected chi connectivity index (χ1v) is 10.7. The van der Waals surface area contributed by atoms with Crippen molar-refractivity contribution in [3.05, 3.63) is 61.5 Å². The van der Waals surface area contributed by atoms with Gasteiger partial charge in [-0.25, -0.2) is 0 Å². The highest BCUT2D eigenvalue weighted by Crippen LogP contribution is 2.34. The Morgan fingerprint density at radius 2 is 1.71 bits per heavy atom. The normalized spacial score (nSPS) is 14.6. The van der Waals surface area contributed by atoms with Crippen LogP contribution in [0, 0.1) is 11.3 Å². The maximum absolute atomic E-state index is 12.5. The summed E-state index contributed by atoms with van der Waals surface area (Å²) in [6.07, 6.45) is 0. The average Bonchev–Trinajstić information content (AvgIpc) is 2.69. The molecule has 0 atom stereocenters. The van der Waals surface area contributed by atoms with Crippen molar-refractivity contribution in [3.8, 4) is 11.8 Å². The third kappa shape index (κ3) is 5.48. The lowest BCUT2D eigenvalue weighted by Gasteiger charge is -2.34. The summed E-state index contributed by atoms with van der Waals surface area (Å²) in [5, 5.41) is 9.73. The smallest absolute Gasteiger partial charge is 0.260 e. The van der Waals surface area contributed by atoms with E-state index in [1.165, 1.54) is 5.56 Å². The van der Waals surface area contributed by atoms with E-state index in [-0.39, 0.29) is 12.5 Å². The molecule has 0 saturated carbocycles. The van der Waals surface area contributed by atoms with Gasteiger partial charge in [0.2, 0.25) is 0 Å². The summed E-state index contributed by atoms with van der Waals surface area (Å²) < 4.78 is 6.97. The van der Waals surface area contributed by atoms with Crippen molar-refractivity contribution in [3.63, 3.8) is 0 Å². The highest BCUT2D eigenvalue weighted by Gasteiger charge is 2.22. The van der Waals surface area contributed by atoms with Crippen LogP contribution in [0.3, 0.4) is 0 Å². The molecule has 3 rings (SSSR count). The minimum Gasteiger partial charge on any atom is -0.481 e. The Kier molecular flexibility index (Phi) is 7.36. The molecule has 5 nitrogen and oxygen atoms in total. The molecule has 0 unspecified atom stereocenters. The van der Waals surface area contributed by atoms with E-state index in [4.69, 9.17) is 21.6 Å². The Balaban J connectivity index is 1.49. The molecule has 28 heavy (non-hydrogen) atoms. The summed E-state index contributed by atoms with van der Waals surface area (Å²) in [5.74, 6) is 0.475. The lowest BCUT2D eigenvalue weighted by Crippen LogP contribution is -2.49. The van der Waals surface area contributed by atoms with Gasteiger partial charge in [0.15, 0.2) is 6.61 Å². The second-order valence-corrected chi connectivity index (χ2v) is 8.60. The Labute approximate surface area is 186 Å². The highest BCUT2D eigenvalue weighted by atomic mass is 79.9. The van der Waals surface area contributed by atoms with E-state index in [0.717, 1.165) is 24.7 Å². The van der Waals surface area contributed by atoms with Crippen molar-refractivity contribution in [1.82, 2.24) is 9.80 Å². The van der Waals surface area contributed by atoms with Crippen molar-refractivity contribution in [2.24, 2.45) is 0 Å². The molecule has 0 aliphatic carbocycles. The molecule has 146 valence electrons. The number of benzene rings is 2. The molecule has 0 bridgehead atoms. The monoisotopic (exact) mass is 525 g/mol. The van der Waals surface area contributed by atoms with E-state index in [2.05, 4.69) is 42.8 Å². The molecule has 0 radical (unpaired) electrons. The number of amides is 1. The third-order valence-corrected chi connectivity index (χ3v) is 5.94. The number of nitriles is 1. The zero-order valence-electron chi connectivity index (χ0n) is 15.0. The number of ether oxygens (including phenoxy) is 1. The van der Waals surface area contributed by atoms with Crippen LogP contribution in [-0.4, -0.2) is 48.5 Å². The molecular formula is C20H18Br2ClN3O2. The van der Waals surface area contributed by atoms with Crippen LogP contribution in [0.1, 0.15) is 11.1 Å². The fraction of sp³-hybridized carbons (Fsp3) is 0.300. The topological polar surface area (TPSA) is 56.6 Å². The molecule has 0 spiro atoms. The molecule has 1 aliphatic heterocycles. The molecule has 0 N–H and O–H groups in total. The summed E-state index contributed by atoms with van der Waals surface area (Å²) in [4.78, 5) is 16.6. The maximum atomic E-state index is 12.5. The first-order chi connectivity index (χ1) is 13.5. The van der Waals surface area contributed by atoms with Gasteiger partial charge in [-0.3, -0.25) is 9.69 Å². The second-order valence-electron chi connectivity index (χ2n) is 6.45. The lowest BCUT2D eigenvalue weighted by atomic mass is 10.2. The fourth-order valence-electron chi connectivity index (χ4n) is 2.99. The molecule has 2 aromatic carbocycles. The predicted octanol–water partition coefficient (Wildman–Crippen LogP) is 4.46. The summed E-state index contributed by atoms with van der Waals surface area (Å²) in [5.41, 5.74) is 1.72. The van der Waals surface area contributed by atoms with Crippen LogP contribution in [-0.2, 0) is 11.3 Å². The molecule has 1 aliphatic rings. The van der Waals surface area contributed by atoms with Crippen LogP contribution in [0.2, 0.25) is 5.02 Å². The second kappa shape index (κ2) is 9.75. The first kappa shape index (κ1) is 21.1. The summed E-state index contributed by atoms with van der Waals surface area (Å²) in [6.45, 7) is 3.79. The Morgan fingerprint density at radius 1 is 1.11 bits per heavy atom. The fourth-order valence-corrected chi connectivity index (χ4v) is 4.53. The molecule has 0 aromatic heterocycles. The Morgan fingerprint density at radius 3 is 2.29 bits per heavy atom. The lowest BCUT2D eigenvalue weighted by molar-refractivity contribution is -0.135. The molecule has 1 amide bonds. The van der Waals surface area contributed by atoms with Crippen molar-refractivity contribution < 1.29 is 9.53 Å². The van der Waals surface area contributed by atoms with Gasteiger partial charge in [0.1, 0.15) is 5.75 Å².